The van der Waals surface area contributed by atoms with Crippen LogP contribution in [0.4, 0.5) is 4.79 Å². The van der Waals surface area contributed by atoms with Crippen molar-refractivity contribution in [2.45, 2.75) is 59.5 Å². The maximum atomic E-state index is 12.2. The summed E-state index contributed by atoms with van der Waals surface area (Å²) in [5, 5.41) is 8.93. The summed E-state index contributed by atoms with van der Waals surface area (Å²) in [6.45, 7) is 10.7. The quantitative estimate of drug-likeness (QED) is 0.774. The highest BCUT2D eigenvalue weighted by Gasteiger charge is 2.31. The molecule has 2 atom stereocenters. The SMILES string of the molecule is CCCN(CC[C@@H]1CC=C(C#N)C(=O)[C@H]1C)C(=O)OC(C)(C)C. The molecule has 0 aromatic heterocycles. The van der Waals surface area contributed by atoms with Gasteiger partial charge in [0.25, 0.3) is 0 Å². The van der Waals surface area contributed by atoms with E-state index < -0.39 is 5.60 Å². The van der Waals surface area contributed by atoms with Gasteiger partial charge >= 0.3 is 6.09 Å². The first-order valence-electron chi connectivity index (χ1n) is 8.32. The Kier molecular flexibility index (Phi) is 6.80. The average molecular weight is 320 g/mol. The Morgan fingerprint density at radius 1 is 1.43 bits per heavy atom. The Bertz CT molecular complexity index is 511. The van der Waals surface area contributed by atoms with E-state index in [0.717, 1.165) is 12.8 Å². The van der Waals surface area contributed by atoms with Gasteiger partial charge < -0.3 is 9.64 Å². The number of Topliss-reactive ketones (excluding diaryl/α,β-unsaturated/α-hetero) is 1. The molecule has 0 N–H and O–H groups in total. The molecule has 0 aromatic carbocycles. The van der Waals surface area contributed by atoms with Crippen LogP contribution in [0.5, 0.6) is 0 Å². The maximum absolute atomic E-state index is 12.2. The van der Waals surface area contributed by atoms with Crippen LogP contribution in [-0.2, 0) is 9.53 Å². The van der Waals surface area contributed by atoms with Gasteiger partial charge in [0.1, 0.15) is 11.7 Å². The van der Waals surface area contributed by atoms with Gasteiger partial charge in [0, 0.05) is 19.0 Å². The van der Waals surface area contributed by atoms with Crippen molar-refractivity contribution in [3.8, 4) is 6.07 Å². The molecule has 0 aliphatic heterocycles. The smallest absolute Gasteiger partial charge is 0.410 e. The van der Waals surface area contributed by atoms with Gasteiger partial charge in [-0.25, -0.2) is 4.79 Å². The topological polar surface area (TPSA) is 70.4 Å². The van der Waals surface area contributed by atoms with Gasteiger partial charge in [0.15, 0.2) is 5.78 Å². The number of nitrogens with zero attached hydrogens (tertiary/aromatic N) is 2. The van der Waals surface area contributed by atoms with Gasteiger partial charge in [-0.2, -0.15) is 5.26 Å². The molecule has 0 fully saturated rings. The number of ketones is 1. The van der Waals surface area contributed by atoms with Gasteiger partial charge in [-0.05, 0) is 46.0 Å². The lowest BCUT2D eigenvalue weighted by Gasteiger charge is -2.30. The number of amides is 1. The minimum absolute atomic E-state index is 0.0805. The van der Waals surface area contributed by atoms with E-state index in [1.165, 1.54) is 0 Å². The molecule has 1 amide bonds. The summed E-state index contributed by atoms with van der Waals surface area (Å²) in [6, 6.07) is 1.96. The van der Waals surface area contributed by atoms with E-state index in [-0.39, 0.29) is 29.3 Å². The monoisotopic (exact) mass is 320 g/mol. The Balaban J connectivity index is 2.66. The van der Waals surface area contributed by atoms with E-state index in [0.29, 0.717) is 19.5 Å². The highest BCUT2D eigenvalue weighted by Crippen LogP contribution is 2.29. The van der Waals surface area contributed by atoms with Crippen molar-refractivity contribution in [3.63, 3.8) is 0 Å². The number of carbonyl (C=O) groups excluding carboxylic acids is 2. The van der Waals surface area contributed by atoms with Crippen molar-refractivity contribution in [1.29, 1.82) is 5.26 Å². The standard InChI is InChI=1S/C18H28N2O3/c1-6-10-20(17(22)23-18(3,4)5)11-9-14-7-8-15(12-19)16(21)13(14)2/h8,13-14H,6-7,9-11H2,1-5H3/t13-,14-/m0/s1. The summed E-state index contributed by atoms with van der Waals surface area (Å²) in [5.41, 5.74) is -0.243. The van der Waals surface area contributed by atoms with Crippen molar-refractivity contribution in [2.24, 2.45) is 11.8 Å². The Morgan fingerprint density at radius 2 is 2.09 bits per heavy atom. The van der Waals surface area contributed by atoms with Crippen molar-refractivity contribution in [3.05, 3.63) is 11.6 Å². The number of ether oxygens (including phenoxy) is 1. The molecule has 5 nitrogen and oxygen atoms in total. The zero-order valence-corrected chi connectivity index (χ0v) is 14.9. The molecule has 23 heavy (non-hydrogen) atoms. The van der Waals surface area contributed by atoms with Gasteiger partial charge in [-0.15, -0.1) is 0 Å². The molecular formula is C18H28N2O3. The summed E-state index contributed by atoms with van der Waals surface area (Å²) in [4.78, 5) is 26.0. The normalized spacial score (nSPS) is 21.4. The van der Waals surface area contributed by atoms with Crippen molar-refractivity contribution in [1.82, 2.24) is 4.90 Å². The molecule has 0 saturated carbocycles. The molecule has 0 radical (unpaired) electrons. The zero-order valence-electron chi connectivity index (χ0n) is 14.9. The molecule has 0 aromatic rings. The average Bonchev–Trinajstić information content (AvgIpc) is 2.45. The van der Waals surface area contributed by atoms with Crippen LogP contribution >= 0.6 is 0 Å². The predicted octanol–water partition coefficient (Wildman–Crippen LogP) is 3.70. The molecule has 0 spiro atoms. The number of hydrogen-bond acceptors (Lipinski definition) is 4. The molecule has 0 saturated heterocycles. The molecule has 1 rings (SSSR count). The number of carbonyl (C=O) groups is 2. The lowest BCUT2D eigenvalue weighted by atomic mass is 9.78. The van der Waals surface area contributed by atoms with Crippen LogP contribution in [0.25, 0.3) is 0 Å². The molecular weight excluding hydrogens is 292 g/mol. The second-order valence-electron chi connectivity index (χ2n) is 7.13. The number of allylic oxidation sites excluding steroid dienone is 2. The molecule has 0 heterocycles. The summed E-state index contributed by atoms with van der Waals surface area (Å²) in [7, 11) is 0. The van der Waals surface area contributed by atoms with E-state index in [2.05, 4.69) is 0 Å². The third kappa shape index (κ3) is 5.70. The van der Waals surface area contributed by atoms with Gasteiger partial charge in [-0.1, -0.05) is 19.9 Å². The molecule has 1 aliphatic carbocycles. The summed E-state index contributed by atoms with van der Waals surface area (Å²) < 4.78 is 5.44. The van der Waals surface area contributed by atoms with Crippen molar-refractivity contribution in [2.75, 3.05) is 13.1 Å². The number of nitriles is 1. The van der Waals surface area contributed by atoms with E-state index in [1.807, 2.05) is 40.7 Å². The number of hydrogen-bond donors (Lipinski definition) is 0. The number of rotatable bonds is 5. The fourth-order valence-electron chi connectivity index (χ4n) is 2.71. The van der Waals surface area contributed by atoms with Crippen LogP contribution in [0.2, 0.25) is 0 Å². The summed E-state index contributed by atoms with van der Waals surface area (Å²) in [5.74, 6) is -0.0822. The predicted molar refractivity (Wildman–Crippen MR) is 88.7 cm³/mol. The van der Waals surface area contributed by atoms with Crippen molar-refractivity contribution >= 4 is 11.9 Å². The van der Waals surface area contributed by atoms with E-state index in [4.69, 9.17) is 10.00 Å². The first kappa shape index (κ1) is 19.2. The maximum Gasteiger partial charge on any atom is 0.410 e. The third-order valence-electron chi connectivity index (χ3n) is 4.05. The highest BCUT2D eigenvalue weighted by atomic mass is 16.6. The fourth-order valence-corrected chi connectivity index (χ4v) is 2.71. The Morgan fingerprint density at radius 3 is 2.61 bits per heavy atom. The molecule has 5 heteroatoms. The lowest BCUT2D eigenvalue weighted by Crippen LogP contribution is -2.39. The highest BCUT2D eigenvalue weighted by molar-refractivity contribution is 6.01. The van der Waals surface area contributed by atoms with Crippen LogP contribution in [0.3, 0.4) is 0 Å². The van der Waals surface area contributed by atoms with E-state index in [9.17, 15) is 9.59 Å². The fraction of sp³-hybridized carbons (Fsp3) is 0.722. The van der Waals surface area contributed by atoms with Crippen molar-refractivity contribution < 1.29 is 14.3 Å². The summed E-state index contributed by atoms with van der Waals surface area (Å²) in [6.07, 6.45) is 3.73. The van der Waals surface area contributed by atoms with Crippen LogP contribution < -0.4 is 0 Å². The Labute approximate surface area is 139 Å². The molecule has 0 bridgehead atoms. The second-order valence-corrected chi connectivity index (χ2v) is 7.13. The molecule has 0 unspecified atom stereocenters. The lowest BCUT2D eigenvalue weighted by molar-refractivity contribution is -0.120. The molecule has 128 valence electrons. The van der Waals surface area contributed by atoms with Gasteiger partial charge in [0.2, 0.25) is 0 Å². The summed E-state index contributed by atoms with van der Waals surface area (Å²) >= 11 is 0. The second kappa shape index (κ2) is 8.14. The zero-order chi connectivity index (χ0) is 17.6. The van der Waals surface area contributed by atoms with Crippen LogP contribution in [0.15, 0.2) is 11.6 Å². The van der Waals surface area contributed by atoms with Crippen LogP contribution in [-0.4, -0.2) is 35.5 Å². The van der Waals surface area contributed by atoms with Gasteiger partial charge in [-0.3, -0.25) is 4.79 Å². The van der Waals surface area contributed by atoms with Crippen LogP contribution in [0.1, 0.15) is 53.9 Å². The largest absolute Gasteiger partial charge is 0.444 e. The minimum atomic E-state index is -0.512. The third-order valence-corrected chi connectivity index (χ3v) is 4.05. The first-order chi connectivity index (χ1) is 10.7. The minimum Gasteiger partial charge on any atom is -0.444 e. The van der Waals surface area contributed by atoms with Crippen LogP contribution in [0, 0.1) is 23.2 Å². The first-order valence-corrected chi connectivity index (χ1v) is 8.32. The van der Waals surface area contributed by atoms with Gasteiger partial charge in [0.05, 0.1) is 5.57 Å². The Hall–Kier alpha value is -1.83. The van der Waals surface area contributed by atoms with E-state index in [1.54, 1.807) is 11.0 Å². The molecule has 1 aliphatic rings. The van der Waals surface area contributed by atoms with E-state index >= 15 is 0 Å².